The van der Waals surface area contributed by atoms with Crippen LogP contribution in [-0.2, 0) is 6.42 Å². The van der Waals surface area contributed by atoms with Gasteiger partial charge in [-0.15, -0.1) is 0 Å². The molecule has 0 radical (unpaired) electrons. The van der Waals surface area contributed by atoms with Crippen molar-refractivity contribution >= 4 is 5.69 Å². The number of hydrogen-bond acceptors (Lipinski definition) is 1. The van der Waals surface area contributed by atoms with E-state index in [1.54, 1.807) is 0 Å². The summed E-state index contributed by atoms with van der Waals surface area (Å²) in [6, 6.07) is 16.1. The summed E-state index contributed by atoms with van der Waals surface area (Å²) in [5, 5.41) is 3.68. The zero-order chi connectivity index (χ0) is 11.4. The van der Waals surface area contributed by atoms with Crippen molar-refractivity contribution in [2.75, 3.05) is 5.32 Å². The molecule has 1 heterocycles. The lowest BCUT2D eigenvalue weighted by Crippen LogP contribution is -2.05. The lowest BCUT2D eigenvalue weighted by molar-refractivity contribution is 0.677. The molecule has 0 unspecified atom stereocenters. The molecular weight excluding hydrogens is 206 g/mol. The van der Waals surface area contributed by atoms with Crippen LogP contribution >= 0.6 is 0 Å². The normalized spacial score (nSPS) is 23.8. The van der Waals surface area contributed by atoms with E-state index in [2.05, 4.69) is 54.7 Å². The van der Waals surface area contributed by atoms with Gasteiger partial charge in [-0.1, -0.05) is 42.0 Å². The molecule has 2 atom stereocenters. The zero-order valence-electron chi connectivity index (χ0n) is 9.90. The average Bonchev–Trinajstić information content (AvgIpc) is 2.85. The fourth-order valence-electron chi connectivity index (χ4n) is 3.35. The van der Waals surface area contributed by atoms with Crippen LogP contribution in [0.15, 0.2) is 42.5 Å². The number of nitrogens with one attached hydrogen (secondary N) is 1. The molecule has 84 valence electrons. The number of rotatable bonds is 0. The summed E-state index contributed by atoms with van der Waals surface area (Å²) in [6.45, 7) is 2.18. The molecule has 0 saturated heterocycles. The van der Waals surface area contributed by atoms with Crippen LogP contribution in [-0.4, -0.2) is 0 Å². The van der Waals surface area contributed by atoms with Gasteiger partial charge in [0.05, 0.1) is 6.04 Å². The highest BCUT2D eigenvalue weighted by atomic mass is 15.0. The van der Waals surface area contributed by atoms with Gasteiger partial charge in [-0.3, -0.25) is 0 Å². The van der Waals surface area contributed by atoms with E-state index in [1.165, 1.54) is 34.4 Å². The Kier molecular flexibility index (Phi) is 1.71. The van der Waals surface area contributed by atoms with Gasteiger partial charge in [0.1, 0.15) is 0 Å². The Balaban J connectivity index is 1.85. The molecule has 2 aliphatic rings. The molecule has 2 aromatic carbocycles. The second-order valence-electron chi connectivity index (χ2n) is 5.22. The smallest absolute Gasteiger partial charge is 0.0589 e. The Labute approximate surface area is 101 Å². The quantitative estimate of drug-likeness (QED) is 0.713. The summed E-state index contributed by atoms with van der Waals surface area (Å²) in [5.74, 6) is 0.641. The second kappa shape index (κ2) is 3.13. The second-order valence-corrected chi connectivity index (χ2v) is 5.22. The van der Waals surface area contributed by atoms with E-state index in [-0.39, 0.29) is 0 Å². The summed E-state index contributed by atoms with van der Waals surface area (Å²) in [6.07, 6.45) is 1.18. The van der Waals surface area contributed by atoms with Gasteiger partial charge in [-0.25, -0.2) is 0 Å². The van der Waals surface area contributed by atoms with Crippen molar-refractivity contribution in [2.24, 2.45) is 0 Å². The summed E-state index contributed by atoms with van der Waals surface area (Å²) in [7, 11) is 0. The zero-order valence-corrected chi connectivity index (χ0v) is 9.90. The first kappa shape index (κ1) is 9.29. The van der Waals surface area contributed by atoms with E-state index in [1.807, 2.05) is 0 Å². The number of hydrogen-bond donors (Lipinski definition) is 1. The molecule has 0 spiro atoms. The van der Waals surface area contributed by atoms with Crippen molar-refractivity contribution in [1.29, 1.82) is 0 Å². The van der Waals surface area contributed by atoms with Crippen LogP contribution in [0, 0.1) is 6.92 Å². The molecule has 1 N–H and O–H groups in total. The summed E-state index contributed by atoms with van der Waals surface area (Å²) < 4.78 is 0. The van der Waals surface area contributed by atoms with E-state index < -0.39 is 0 Å². The molecule has 0 saturated carbocycles. The van der Waals surface area contributed by atoms with Gasteiger partial charge in [0.25, 0.3) is 0 Å². The highest BCUT2D eigenvalue weighted by Crippen LogP contribution is 2.51. The average molecular weight is 221 g/mol. The fourth-order valence-corrected chi connectivity index (χ4v) is 3.35. The highest BCUT2D eigenvalue weighted by molar-refractivity contribution is 5.64. The van der Waals surface area contributed by atoms with Gasteiger partial charge in [-0.2, -0.15) is 0 Å². The monoisotopic (exact) mass is 221 g/mol. The molecule has 1 nitrogen and oxygen atoms in total. The van der Waals surface area contributed by atoms with E-state index in [0.29, 0.717) is 12.0 Å². The van der Waals surface area contributed by atoms with Gasteiger partial charge in [-0.05, 0) is 36.1 Å². The minimum Gasteiger partial charge on any atom is -0.377 e. The van der Waals surface area contributed by atoms with E-state index >= 15 is 0 Å². The topological polar surface area (TPSA) is 12.0 Å². The van der Waals surface area contributed by atoms with Crippen molar-refractivity contribution in [2.45, 2.75) is 25.3 Å². The molecule has 1 aliphatic heterocycles. The van der Waals surface area contributed by atoms with Crippen LogP contribution in [0.3, 0.4) is 0 Å². The Morgan fingerprint density at radius 3 is 2.88 bits per heavy atom. The third-order valence-corrected chi connectivity index (χ3v) is 4.15. The van der Waals surface area contributed by atoms with Crippen LogP contribution in [0.4, 0.5) is 5.69 Å². The fraction of sp³-hybridized carbons (Fsp3) is 0.250. The molecule has 1 aliphatic carbocycles. The summed E-state index contributed by atoms with van der Waals surface area (Å²) in [4.78, 5) is 0. The number of aryl methyl sites for hydroxylation is 1. The Bertz CT molecular complexity index is 600. The minimum atomic E-state index is 0.503. The van der Waals surface area contributed by atoms with Crippen molar-refractivity contribution < 1.29 is 0 Å². The number of benzene rings is 2. The van der Waals surface area contributed by atoms with E-state index in [4.69, 9.17) is 0 Å². The SMILES string of the molecule is Cc1ccc2c(c1)[C@@H]1Cc3ccccc3[C@@H]1N2. The van der Waals surface area contributed by atoms with E-state index in [0.717, 1.165) is 0 Å². The van der Waals surface area contributed by atoms with Gasteiger partial charge >= 0.3 is 0 Å². The van der Waals surface area contributed by atoms with Gasteiger partial charge in [0.2, 0.25) is 0 Å². The number of fused-ring (bicyclic) bond motifs is 5. The minimum absolute atomic E-state index is 0.503. The van der Waals surface area contributed by atoms with Crippen LogP contribution in [0.25, 0.3) is 0 Å². The third-order valence-electron chi connectivity index (χ3n) is 4.15. The van der Waals surface area contributed by atoms with Crippen LogP contribution in [0.5, 0.6) is 0 Å². The van der Waals surface area contributed by atoms with Gasteiger partial charge < -0.3 is 5.32 Å². The Morgan fingerprint density at radius 1 is 1.06 bits per heavy atom. The third kappa shape index (κ3) is 1.20. The van der Waals surface area contributed by atoms with Crippen molar-refractivity contribution in [3.63, 3.8) is 0 Å². The molecule has 0 fully saturated rings. The van der Waals surface area contributed by atoms with Crippen LogP contribution < -0.4 is 5.32 Å². The maximum atomic E-state index is 3.68. The largest absolute Gasteiger partial charge is 0.377 e. The van der Waals surface area contributed by atoms with Gasteiger partial charge in [0, 0.05) is 11.6 Å². The van der Waals surface area contributed by atoms with Crippen LogP contribution in [0.2, 0.25) is 0 Å². The molecule has 0 bridgehead atoms. The Morgan fingerprint density at radius 2 is 1.94 bits per heavy atom. The standard InChI is InChI=1S/C16H15N/c1-10-6-7-15-13(8-10)14-9-11-4-2-3-5-12(11)16(14)17-15/h2-8,14,16-17H,9H2,1H3/t14-,16-/m0/s1. The molecular formula is C16H15N. The molecule has 17 heavy (non-hydrogen) atoms. The van der Waals surface area contributed by atoms with Crippen molar-refractivity contribution in [3.8, 4) is 0 Å². The molecule has 2 aromatic rings. The molecule has 1 heteroatoms. The molecule has 0 amide bonds. The molecule has 0 aromatic heterocycles. The summed E-state index contributed by atoms with van der Waals surface area (Å²) >= 11 is 0. The molecule has 4 rings (SSSR count). The number of anilines is 1. The predicted octanol–water partition coefficient (Wildman–Crippen LogP) is 3.80. The van der Waals surface area contributed by atoms with Crippen molar-refractivity contribution in [3.05, 3.63) is 64.7 Å². The lowest BCUT2D eigenvalue weighted by Gasteiger charge is -2.11. The highest BCUT2D eigenvalue weighted by Gasteiger charge is 2.39. The summed E-state index contributed by atoms with van der Waals surface area (Å²) in [5.41, 5.74) is 7.21. The maximum Gasteiger partial charge on any atom is 0.0589 e. The first-order valence-electron chi connectivity index (χ1n) is 6.28. The van der Waals surface area contributed by atoms with Crippen molar-refractivity contribution in [1.82, 2.24) is 0 Å². The lowest BCUT2D eigenvalue weighted by atomic mass is 9.95. The first-order valence-corrected chi connectivity index (χ1v) is 6.28. The Hall–Kier alpha value is -1.76. The maximum absolute atomic E-state index is 3.68. The van der Waals surface area contributed by atoms with Gasteiger partial charge in [0.15, 0.2) is 0 Å². The van der Waals surface area contributed by atoms with Crippen LogP contribution in [0.1, 0.15) is 34.2 Å². The van der Waals surface area contributed by atoms with E-state index in [9.17, 15) is 0 Å². The predicted molar refractivity (Wildman–Crippen MR) is 70.4 cm³/mol. The first-order chi connectivity index (χ1) is 8.33.